The van der Waals surface area contributed by atoms with Gasteiger partial charge in [-0.25, -0.2) is 4.79 Å². The monoisotopic (exact) mass is 1560 g/mol. The highest BCUT2D eigenvalue weighted by Crippen LogP contribution is 2.49. The first-order valence-corrected chi connectivity index (χ1v) is 35.3. The van der Waals surface area contributed by atoms with Crippen molar-refractivity contribution < 1.29 is 138 Å². The van der Waals surface area contributed by atoms with Gasteiger partial charge < -0.3 is 148 Å². The number of likely N-dealkylation sites (N-methyl/N-ethyl adjacent to an activating group) is 1. The molecule has 16 unspecified atom stereocenters. The summed E-state index contributed by atoms with van der Waals surface area (Å²) in [5, 5.41) is 153. The van der Waals surface area contributed by atoms with Gasteiger partial charge in [0.2, 0.25) is 53.4 Å². The Bertz CT molecular complexity index is 4330. The van der Waals surface area contributed by atoms with Gasteiger partial charge in [-0.1, -0.05) is 49.7 Å². The molecule has 11 bridgehead atoms. The predicted octanol–water partition coefficient (Wildman–Crippen LogP) is -1.70. The summed E-state index contributed by atoms with van der Waals surface area (Å²) in [5.74, 6) is -15.9. The van der Waals surface area contributed by atoms with Crippen LogP contribution in [0, 0.1) is 5.92 Å². The van der Waals surface area contributed by atoms with Crippen molar-refractivity contribution in [2.24, 2.45) is 17.4 Å². The Morgan fingerprint density at radius 3 is 1.96 bits per heavy atom. The fraction of sp³-hybridized carbons (Fsp3) is 0.472. The van der Waals surface area contributed by atoms with Crippen LogP contribution in [0.1, 0.15) is 112 Å². The predicted molar refractivity (Wildman–Crippen MR) is 376 cm³/mol. The summed E-state index contributed by atoms with van der Waals surface area (Å²) in [5.41, 5.74) is 8.25. The lowest BCUT2D eigenvalue weighted by molar-refractivity contribution is -0.349. The number of aromatic hydroxyl groups is 3. The second kappa shape index (κ2) is 33.1. The number of phenols is 3. The van der Waals surface area contributed by atoms with Crippen LogP contribution in [0.15, 0.2) is 84.9 Å². The first-order chi connectivity index (χ1) is 51.9. The number of carbonyl (C=O) groups is 8. The summed E-state index contributed by atoms with van der Waals surface area (Å²) in [6, 6.07) is 1.02. The SMILES string of the molecule is CN[C@H](CC(C)C)C(=O)N[C@H]1C(=O)N[C@@H](CC(N)=O)C(=O)N[C@H]2C(=O)NC3C(=O)NC(C(=O)N[C@H](C(=O)O)c4cc(O)cc(O)c4-c4cc3ccc4O)[C@H](OC3CC(C)(N)C(O)C(C)O3)c3ccc(cc3)Oc3cc2cc(c3OC2OC(CO)C(OC3OC(C)C(O)C(O)C3O)C(O)C2O)Oc2ccc(cc2Cl)[C@H]1O. The van der Waals surface area contributed by atoms with Gasteiger partial charge in [0.1, 0.15) is 114 Å². The molecule has 0 aliphatic carbocycles. The van der Waals surface area contributed by atoms with Crippen molar-refractivity contribution in [3.8, 4) is 57.1 Å². The number of benzene rings is 5. The number of aliphatic hydroxyl groups is 8. The summed E-state index contributed by atoms with van der Waals surface area (Å²) in [4.78, 5) is 119. The maximum Gasteiger partial charge on any atom is 0.330 e. The van der Waals surface area contributed by atoms with Gasteiger partial charge in [-0.3, -0.25) is 33.6 Å². The van der Waals surface area contributed by atoms with Crippen molar-refractivity contribution in [3.05, 3.63) is 118 Å². The van der Waals surface area contributed by atoms with Crippen molar-refractivity contribution in [1.29, 1.82) is 0 Å². The number of hydrogen-bond acceptors (Lipinski definition) is 29. The molecule has 0 radical (unpaired) electrons. The molecule has 0 saturated carbocycles. The molecule has 7 amide bonds. The minimum atomic E-state index is -2.37. The molecule has 8 aliphatic rings. The lowest BCUT2D eigenvalue weighted by Gasteiger charge is -2.45. The highest BCUT2D eigenvalue weighted by Gasteiger charge is 2.53. The van der Waals surface area contributed by atoms with Crippen LogP contribution in [0.3, 0.4) is 0 Å². The normalized spacial score (nSPS) is 32.2. The molecule has 13 rings (SSSR count). The standard InChI is InChI=1S/C72H86ClN9O28/c1-25(2)15-37(76-6)63(95)81-51-54(89)30-10-14-41(36(73)17-30)106-43-19-31-18-42(60(43)109-71-58(93)56(91)61(44(24-83)107-71)110-70-57(92)55(90)53(88)26(3)104-70)105-33-11-7-28(8-12-33)59(108-46-23-72(5,75)62(94)27(4)103-46)52-68(100)80-50(69(101)102)35-20-32(84)21-40(86)47(35)34-16-29(9-13-39(34)85)48(65(97)82-52)79-66(98)49(31)78-64(96)38(22-45(74)87)77-67(51)99/h7-14,16-21,25-27,37-38,44,46,48-59,61-62,70-71,76,83-86,88-94H,15,22-24,75H2,1-6H3,(H2,74,87)(H,77,99)(H,78,96)(H,79,98)(H,80,100)(H,81,95)(H,82,97)(H,101,102)/t26?,27?,37-,38+,44?,46?,48?,49-,50+,51-,52?,53?,54-,55?,56?,57?,58?,59-,61?,62?,70?,71?,72?/m1/s1. The Hall–Kier alpha value is -9.65. The molecule has 38 heteroatoms. The summed E-state index contributed by atoms with van der Waals surface area (Å²) in [6.45, 7) is 6.85. The fourth-order valence-corrected chi connectivity index (χ4v) is 14.1. The maximum atomic E-state index is 16.3. The number of aliphatic carboxylic acids is 1. The molecule has 3 saturated heterocycles. The van der Waals surface area contributed by atoms with Crippen molar-refractivity contribution in [3.63, 3.8) is 0 Å². The van der Waals surface area contributed by atoms with Gasteiger partial charge in [0.25, 0.3) is 0 Å². The molecule has 5 aromatic carbocycles. The first kappa shape index (κ1) is 81.3. The number of aliphatic hydroxyl groups excluding tert-OH is 8. The van der Waals surface area contributed by atoms with E-state index in [2.05, 4.69) is 37.2 Å². The Morgan fingerprint density at radius 2 is 1.32 bits per heavy atom. The second-order valence-electron chi connectivity index (χ2n) is 28.4. The molecule has 0 spiro atoms. The highest BCUT2D eigenvalue weighted by molar-refractivity contribution is 6.32. The number of hydrogen-bond donors (Lipinski definition) is 21. The van der Waals surface area contributed by atoms with Crippen LogP contribution in [-0.2, 0) is 62.0 Å². The van der Waals surface area contributed by atoms with Crippen molar-refractivity contribution >= 4 is 58.9 Å². The zero-order valence-corrected chi connectivity index (χ0v) is 60.4. The lowest BCUT2D eigenvalue weighted by Crippen LogP contribution is -2.64. The quantitative estimate of drug-likeness (QED) is 0.0556. The molecule has 23 N–H and O–H groups in total. The molecular weight excluding hydrogens is 1470 g/mol. The van der Waals surface area contributed by atoms with Crippen molar-refractivity contribution in [1.82, 2.24) is 37.2 Å². The lowest BCUT2D eigenvalue weighted by atomic mass is 9.86. The second-order valence-corrected chi connectivity index (χ2v) is 28.8. The number of rotatable bonds is 15. The van der Waals surface area contributed by atoms with Gasteiger partial charge in [-0.2, -0.15) is 0 Å². The molecule has 37 nitrogen and oxygen atoms in total. The topological polar surface area (TPSA) is 589 Å². The number of carboxylic acid groups (broad SMARTS) is 1. The van der Waals surface area contributed by atoms with Crippen molar-refractivity contribution in [2.45, 2.75) is 194 Å². The maximum absolute atomic E-state index is 16.3. The molecule has 8 aliphatic heterocycles. The number of fused-ring (bicyclic) bond motifs is 15. The highest BCUT2D eigenvalue weighted by atomic mass is 35.5. The van der Waals surface area contributed by atoms with Gasteiger partial charge in [-0.05, 0) is 117 Å². The van der Waals surface area contributed by atoms with Gasteiger partial charge in [0.15, 0.2) is 30.1 Å². The average molecular weight is 1560 g/mol. The minimum Gasteiger partial charge on any atom is -0.508 e. The molecule has 0 aromatic heterocycles. The average Bonchev–Trinajstić information content (AvgIpc) is 0.765. The zero-order chi connectivity index (χ0) is 80.0. The van der Waals surface area contributed by atoms with E-state index in [4.69, 9.17) is 61.0 Å². The van der Waals surface area contributed by atoms with Gasteiger partial charge in [0, 0.05) is 34.7 Å². The summed E-state index contributed by atoms with van der Waals surface area (Å²) >= 11 is 7.07. The first-order valence-electron chi connectivity index (χ1n) is 34.9. The van der Waals surface area contributed by atoms with Crippen LogP contribution in [0.5, 0.6) is 46.0 Å². The van der Waals surface area contributed by atoms with Gasteiger partial charge >= 0.3 is 5.97 Å². The van der Waals surface area contributed by atoms with E-state index < -0.39 is 257 Å². The number of halogens is 1. The summed E-state index contributed by atoms with van der Waals surface area (Å²) < 4.78 is 50.1. The van der Waals surface area contributed by atoms with Crippen LogP contribution in [0.4, 0.5) is 0 Å². The van der Waals surface area contributed by atoms with Crippen LogP contribution >= 0.6 is 11.6 Å². The van der Waals surface area contributed by atoms with Crippen LogP contribution in [-0.4, -0.2) is 232 Å². The van der Waals surface area contributed by atoms with Crippen LogP contribution < -0.4 is 62.9 Å². The molecule has 5 aromatic rings. The van der Waals surface area contributed by atoms with Crippen LogP contribution in [0.2, 0.25) is 5.02 Å². The van der Waals surface area contributed by atoms with E-state index in [1.807, 2.05) is 13.8 Å². The van der Waals surface area contributed by atoms with E-state index in [9.17, 15) is 80.5 Å². The number of nitrogens with one attached hydrogen (secondary N) is 7. The Morgan fingerprint density at radius 1 is 0.673 bits per heavy atom. The molecule has 3 fully saturated rings. The molecule has 110 heavy (non-hydrogen) atoms. The largest absolute Gasteiger partial charge is 0.508 e. The van der Waals surface area contributed by atoms with E-state index in [1.54, 1.807) is 0 Å². The number of amides is 7. The third kappa shape index (κ3) is 17.1. The zero-order valence-electron chi connectivity index (χ0n) is 59.6. The third-order valence-corrected chi connectivity index (χ3v) is 20.1. The number of carbonyl (C=O) groups excluding carboxylic acids is 7. The number of ether oxygens (including phenoxy) is 8. The number of phenolic OH excluding ortho intramolecular Hbond substituents is 3. The Kier molecular flexibility index (Phi) is 24.5. The number of primary amides is 1. The van der Waals surface area contributed by atoms with E-state index in [0.29, 0.717) is 0 Å². The summed E-state index contributed by atoms with van der Waals surface area (Å²) in [6.07, 6.45) is -27.7. The Balaban J connectivity index is 1.15. The van der Waals surface area contributed by atoms with Crippen LogP contribution in [0.25, 0.3) is 11.1 Å². The fourth-order valence-electron chi connectivity index (χ4n) is 13.9. The van der Waals surface area contributed by atoms with Crippen molar-refractivity contribution in [2.75, 3.05) is 13.7 Å². The number of carboxylic acids is 1. The minimum absolute atomic E-state index is 0.0630. The van der Waals surface area contributed by atoms with E-state index in [0.717, 1.165) is 48.5 Å². The molecule has 23 atom stereocenters. The molecule has 8 heterocycles. The smallest absolute Gasteiger partial charge is 0.330 e. The van der Waals surface area contributed by atoms with E-state index >= 15 is 19.2 Å². The number of nitrogens with two attached hydrogens (primary N) is 2. The molecule has 594 valence electrons. The van der Waals surface area contributed by atoms with Gasteiger partial charge in [0.05, 0.1) is 42.4 Å². The summed E-state index contributed by atoms with van der Waals surface area (Å²) in [7, 11) is 1.47. The van der Waals surface area contributed by atoms with E-state index in [-0.39, 0.29) is 52.0 Å². The third-order valence-electron chi connectivity index (χ3n) is 19.8. The van der Waals surface area contributed by atoms with E-state index in [1.165, 1.54) is 64.2 Å². The van der Waals surface area contributed by atoms with Gasteiger partial charge in [-0.15, -0.1) is 0 Å². The molecular formula is C72H86ClN9O28. The Labute approximate surface area is 631 Å².